The van der Waals surface area contributed by atoms with Gasteiger partial charge in [0.05, 0.1) is 11.7 Å². The second-order valence-electron chi connectivity index (χ2n) is 5.54. The van der Waals surface area contributed by atoms with E-state index < -0.39 is 0 Å². The van der Waals surface area contributed by atoms with Crippen molar-refractivity contribution >= 4 is 5.97 Å². The molecule has 0 bridgehead atoms. The van der Waals surface area contributed by atoms with E-state index in [9.17, 15) is 4.79 Å². The normalized spacial score (nSPS) is 10.6. The van der Waals surface area contributed by atoms with Gasteiger partial charge < -0.3 is 9.47 Å². The molecule has 3 nitrogen and oxygen atoms in total. The molecular weight excluding hydrogens is 288 g/mol. The molecule has 2 aromatic carbocycles. The van der Waals surface area contributed by atoms with Crippen molar-refractivity contribution in [2.24, 2.45) is 0 Å². The molecule has 0 fully saturated rings. The summed E-state index contributed by atoms with van der Waals surface area (Å²) in [5.74, 6) is 0.985. The van der Waals surface area contributed by atoms with Crippen LogP contribution in [-0.2, 0) is 0 Å². The quantitative estimate of drug-likeness (QED) is 0.493. The maximum absolute atomic E-state index is 12.1. The Morgan fingerprint density at radius 2 is 1.48 bits per heavy atom. The minimum absolute atomic E-state index is 0.243. The maximum atomic E-state index is 12.1. The molecule has 0 saturated heterocycles. The van der Waals surface area contributed by atoms with Crippen molar-refractivity contribution in [2.45, 2.75) is 45.6 Å². The molecule has 2 rings (SSSR count). The highest BCUT2D eigenvalue weighted by atomic mass is 16.5. The Morgan fingerprint density at radius 1 is 0.870 bits per heavy atom. The molecule has 0 aliphatic rings. The topological polar surface area (TPSA) is 35.5 Å². The number of hydrogen-bond acceptors (Lipinski definition) is 3. The van der Waals surface area contributed by atoms with Crippen molar-refractivity contribution in [3.8, 4) is 11.5 Å². The van der Waals surface area contributed by atoms with E-state index in [1.807, 2.05) is 30.3 Å². The first-order valence-electron chi connectivity index (χ1n) is 8.26. The van der Waals surface area contributed by atoms with E-state index in [0.717, 1.165) is 31.4 Å². The first-order valence-corrected chi connectivity index (χ1v) is 8.26. The van der Waals surface area contributed by atoms with Crippen LogP contribution in [0.4, 0.5) is 0 Å². The van der Waals surface area contributed by atoms with Crippen molar-refractivity contribution < 1.29 is 14.3 Å². The van der Waals surface area contributed by atoms with Crippen LogP contribution in [0.3, 0.4) is 0 Å². The number of carbonyl (C=O) groups is 1. The van der Waals surface area contributed by atoms with Gasteiger partial charge in [-0.25, -0.2) is 4.79 Å². The van der Waals surface area contributed by atoms with Gasteiger partial charge in [-0.1, -0.05) is 44.9 Å². The number of carbonyl (C=O) groups excluding carboxylic acids is 1. The average molecular weight is 312 g/mol. The fraction of sp³-hybridized carbons (Fsp3) is 0.350. The summed E-state index contributed by atoms with van der Waals surface area (Å²) in [6.07, 6.45) is 4.54. The first-order chi connectivity index (χ1) is 11.2. The van der Waals surface area contributed by atoms with Gasteiger partial charge in [0.1, 0.15) is 11.5 Å². The number of rotatable bonds is 8. The number of para-hydroxylation sites is 1. The van der Waals surface area contributed by atoms with Crippen molar-refractivity contribution in [3.05, 3.63) is 60.2 Å². The standard InChI is InChI=1S/C20H24O3/c1-3-8-17(9-4-2)22-19-14-12-16(13-15-19)20(21)23-18-10-6-5-7-11-18/h5-7,10-15,17H,3-4,8-9H2,1-2H3. The summed E-state index contributed by atoms with van der Waals surface area (Å²) in [6.45, 7) is 4.32. The van der Waals surface area contributed by atoms with Gasteiger partial charge in [0.25, 0.3) is 0 Å². The third kappa shape index (κ3) is 5.44. The second kappa shape index (κ2) is 8.99. The van der Waals surface area contributed by atoms with Crippen LogP contribution >= 0.6 is 0 Å². The molecule has 0 atom stereocenters. The van der Waals surface area contributed by atoms with Crippen LogP contribution in [0.1, 0.15) is 49.9 Å². The van der Waals surface area contributed by atoms with Gasteiger partial charge in [0.15, 0.2) is 0 Å². The van der Waals surface area contributed by atoms with Crippen LogP contribution in [0.25, 0.3) is 0 Å². The summed E-state index contributed by atoms with van der Waals surface area (Å²) < 4.78 is 11.3. The Bertz CT molecular complexity index is 584. The summed E-state index contributed by atoms with van der Waals surface area (Å²) in [4.78, 5) is 12.1. The number of ether oxygens (including phenoxy) is 2. The van der Waals surface area contributed by atoms with Crippen molar-refractivity contribution in [1.82, 2.24) is 0 Å². The third-order valence-corrected chi connectivity index (χ3v) is 3.57. The molecule has 3 heteroatoms. The van der Waals surface area contributed by atoms with E-state index in [0.29, 0.717) is 11.3 Å². The van der Waals surface area contributed by atoms with E-state index in [2.05, 4.69) is 13.8 Å². The maximum Gasteiger partial charge on any atom is 0.343 e. The van der Waals surface area contributed by atoms with Gasteiger partial charge in [0, 0.05) is 0 Å². The lowest BCUT2D eigenvalue weighted by atomic mass is 10.1. The second-order valence-corrected chi connectivity index (χ2v) is 5.54. The summed E-state index contributed by atoms with van der Waals surface area (Å²) >= 11 is 0. The predicted octanol–water partition coefficient (Wildman–Crippen LogP) is 5.25. The Kier molecular flexibility index (Phi) is 6.67. The minimum atomic E-state index is -0.360. The molecule has 2 aromatic rings. The SMILES string of the molecule is CCCC(CCC)Oc1ccc(C(=O)Oc2ccccc2)cc1. The Hall–Kier alpha value is -2.29. The summed E-state index contributed by atoms with van der Waals surface area (Å²) in [5, 5.41) is 0. The zero-order chi connectivity index (χ0) is 16.5. The van der Waals surface area contributed by atoms with Crippen molar-refractivity contribution in [1.29, 1.82) is 0 Å². The van der Waals surface area contributed by atoms with Crippen molar-refractivity contribution in [3.63, 3.8) is 0 Å². The lowest BCUT2D eigenvalue weighted by Gasteiger charge is -2.18. The molecule has 0 heterocycles. The smallest absolute Gasteiger partial charge is 0.343 e. The average Bonchev–Trinajstić information content (AvgIpc) is 2.57. The van der Waals surface area contributed by atoms with E-state index in [-0.39, 0.29) is 12.1 Å². The predicted molar refractivity (Wildman–Crippen MR) is 92.1 cm³/mol. The molecule has 122 valence electrons. The molecule has 0 aliphatic heterocycles. The summed E-state index contributed by atoms with van der Waals surface area (Å²) in [6, 6.07) is 16.2. The molecule has 0 aliphatic carbocycles. The van der Waals surface area contributed by atoms with Gasteiger partial charge in [-0.2, -0.15) is 0 Å². The lowest BCUT2D eigenvalue weighted by molar-refractivity contribution is 0.0734. The highest BCUT2D eigenvalue weighted by molar-refractivity contribution is 5.91. The molecule has 0 amide bonds. The number of hydrogen-bond donors (Lipinski definition) is 0. The summed E-state index contributed by atoms with van der Waals surface area (Å²) in [7, 11) is 0. The van der Waals surface area contributed by atoms with Gasteiger partial charge >= 0.3 is 5.97 Å². The van der Waals surface area contributed by atoms with Crippen LogP contribution in [0.5, 0.6) is 11.5 Å². The molecule has 0 unspecified atom stereocenters. The Balaban J connectivity index is 1.97. The largest absolute Gasteiger partial charge is 0.490 e. The Labute approximate surface area is 138 Å². The van der Waals surface area contributed by atoms with Gasteiger partial charge in [-0.05, 0) is 49.2 Å². The van der Waals surface area contributed by atoms with Gasteiger partial charge in [0.2, 0.25) is 0 Å². The first kappa shape index (κ1) is 17.1. The molecular formula is C20H24O3. The zero-order valence-electron chi connectivity index (χ0n) is 13.8. The van der Waals surface area contributed by atoms with Crippen LogP contribution < -0.4 is 9.47 Å². The zero-order valence-corrected chi connectivity index (χ0v) is 13.8. The van der Waals surface area contributed by atoms with E-state index >= 15 is 0 Å². The minimum Gasteiger partial charge on any atom is -0.490 e. The molecule has 0 spiro atoms. The van der Waals surface area contributed by atoms with Crippen LogP contribution in [0.15, 0.2) is 54.6 Å². The monoisotopic (exact) mass is 312 g/mol. The molecule has 0 saturated carbocycles. The van der Waals surface area contributed by atoms with Gasteiger partial charge in [-0.3, -0.25) is 0 Å². The third-order valence-electron chi connectivity index (χ3n) is 3.57. The highest BCUT2D eigenvalue weighted by Crippen LogP contribution is 2.19. The van der Waals surface area contributed by atoms with E-state index in [1.54, 1.807) is 24.3 Å². The molecule has 0 N–H and O–H groups in total. The number of benzene rings is 2. The van der Waals surface area contributed by atoms with Crippen LogP contribution in [0, 0.1) is 0 Å². The van der Waals surface area contributed by atoms with Crippen LogP contribution in [-0.4, -0.2) is 12.1 Å². The van der Waals surface area contributed by atoms with Gasteiger partial charge in [-0.15, -0.1) is 0 Å². The van der Waals surface area contributed by atoms with Crippen LogP contribution in [0.2, 0.25) is 0 Å². The molecule has 23 heavy (non-hydrogen) atoms. The van der Waals surface area contributed by atoms with E-state index in [4.69, 9.17) is 9.47 Å². The lowest BCUT2D eigenvalue weighted by Crippen LogP contribution is -2.16. The Morgan fingerprint density at radius 3 is 2.04 bits per heavy atom. The molecule has 0 aromatic heterocycles. The molecule has 0 radical (unpaired) electrons. The summed E-state index contributed by atoms with van der Waals surface area (Å²) in [5.41, 5.74) is 0.517. The highest BCUT2D eigenvalue weighted by Gasteiger charge is 2.11. The fourth-order valence-electron chi connectivity index (χ4n) is 2.42. The van der Waals surface area contributed by atoms with Crippen molar-refractivity contribution in [2.75, 3.05) is 0 Å². The number of esters is 1. The van der Waals surface area contributed by atoms with E-state index in [1.165, 1.54) is 0 Å². The fourth-order valence-corrected chi connectivity index (χ4v) is 2.42.